The van der Waals surface area contributed by atoms with Crippen molar-refractivity contribution in [3.05, 3.63) is 34.9 Å². The second kappa shape index (κ2) is 6.34. The molecule has 1 heterocycles. The minimum Gasteiger partial charge on any atom is -0.326 e. The van der Waals surface area contributed by atoms with Crippen LogP contribution in [0.4, 0.5) is 0 Å². The van der Waals surface area contributed by atoms with E-state index in [1.165, 1.54) is 0 Å². The van der Waals surface area contributed by atoms with Crippen LogP contribution in [-0.4, -0.2) is 26.2 Å². The Labute approximate surface area is 133 Å². The highest BCUT2D eigenvalue weighted by Crippen LogP contribution is 2.42. The van der Waals surface area contributed by atoms with E-state index < -0.39 is 0 Å². The fourth-order valence-corrected chi connectivity index (χ4v) is 3.68. The molecular formula is C14H18ClN5S. The molecule has 1 saturated carbocycles. The maximum absolute atomic E-state index is 6.32. The number of rotatable bonds is 6. The molecule has 2 N–H and O–H groups in total. The Bertz CT molecular complexity index is 613. The van der Waals surface area contributed by atoms with Crippen LogP contribution in [0.5, 0.6) is 0 Å². The van der Waals surface area contributed by atoms with Crippen molar-refractivity contribution >= 4 is 23.4 Å². The highest BCUT2D eigenvalue weighted by atomic mass is 35.5. The van der Waals surface area contributed by atoms with Crippen LogP contribution in [0, 0.1) is 0 Å². The normalized spacial score (nSPS) is 17.7. The summed E-state index contributed by atoms with van der Waals surface area (Å²) in [6.45, 7) is 2.09. The van der Waals surface area contributed by atoms with Gasteiger partial charge in [0.05, 0.1) is 11.3 Å². The zero-order valence-corrected chi connectivity index (χ0v) is 13.4. The van der Waals surface area contributed by atoms with Gasteiger partial charge >= 0.3 is 0 Å². The maximum atomic E-state index is 6.32. The Morgan fingerprint density at radius 3 is 2.95 bits per heavy atom. The average molecular weight is 324 g/mol. The molecule has 0 spiro atoms. The van der Waals surface area contributed by atoms with E-state index in [1.54, 1.807) is 11.8 Å². The third-order valence-electron chi connectivity index (χ3n) is 3.63. The molecule has 0 aliphatic heterocycles. The predicted molar refractivity (Wildman–Crippen MR) is 84.4 cm³/mol. The van der Waals surface area contributed by atoms with Gasteiger partial charge in [-0.15, -0.1) is 5.10 Å². The minimum atomic E-state index is 0.0258. The SMILES string of the molecule is CCC(N)C(Sc1nnnn1C1CC1)c1cccc(Cl)c1. The van der Waals surface area contributed by atoms with Gasteiger partial charge in [-0.25, -0.2) is 4.68 Å². The van der Waals surface area contributed by atoms with Gasteiger partial charge in [0.2, 0.25) is 5.16 Å². The maximum Gasteiger partial charge on any atom is 0.210 e. The Kier molecular flexibility index (Phi) is 4.47. The highest BCUT2D eigenvalue weighted by Gasteiger charge is 2.30. The first-order valence-electron chi connectivity index (χ1n) is 7.14. The van der Waals surface area contributed by atoms with E-state index in [1.807, 2.05) is 22.9 Å². The second-order valence-electron chi connectivity index (χ2n) is 5.30. The Morgan fingerprint density at radius 1 is 1.48 bits per heavy atom. The van der Waals surface area contributed by atoms with Gasteiger partial charge in [-0.2, -0.15) is 0 Å². The third-order valence-corrected chi connectivity index (χ3v) is 5.22. The molecule has 1 aromatic carbocycles. The Hall–Kier alpha value is -1.11. The number of hydrogen-bond acceptors (Lipinski definition) is 5. The molecule has 0 amide bonds. The van der Waals surface area contributed by atoms with Crippen LogP contribution in [0.1, 0.15) is 43.0 Å². The predicted octanol–water partition coefficient (Wildman–Crippen LogP) is 3.23. The van der Waals surface area contributed by atoms with Gasteiger partial charge in [0.25, 0.3) is 0 Å². The first kappa shape index (κ1) is 14.8. The first-order valence-corrected chi connectivity index (χ1v) is 8.40. The van der Waals surface area contributed by atoms with Gasteiger partial charge in [0.1, 0.15) is 0 Å². The lowest BCUT2D eigenvalue weighted by molar-refractivity contribution is 0.561. The van der Waals surface area contributed by atoms with Gasteiger partial charge in [-0.05, 0) is 47.4 Å². The largest absolute Gasteiger partial charge is 0.326 e. The van der Waals surface area contributed by atoms with Gasteiger partial charge in [0.15, 0.2) is 0 Å². The van der Waals surface area contributed by atoms with Crippen molar-refractivity contribution in [2.45, 2.75) is 48.7 Å². The first-order chi connectivity index (χ1) is 10.2. The number of nitrogens with two attached hydrogens (primary N) is 1. The van der Waals surface area contributed by atoms with E-state index in [9.17, 15) is 0 Å². The molecule has 2 atom stereocenters. The molecule has 0 saturated heterocycles. The number of tetrazole rings is 1. The van der Waals surface area contributed by atoms with Crippen LogP contribution in [-0.2, 0) is 0 Å². The molecule has 1 aliphatic rings. The van der Waals surface area contributed by atoms with Gasteiger partial charge in [-0.1, -0.05) is 42.4 Å². The smallest absolute Gasteiger partial charge is 0.210 e. The topological polar surface area (TPSA) is 69.6 Å². The monoisotopic (exact) mass is 323 g/mol. The van der Waals surface area contributed by atoms with Crippen LogP contribution in [0.2, 0.25) is 5.02 Å². The van der Waals surface area contributed by atoms with Crippen LogP contribution in [0.3, 0.4) is 0 Å². The Balaban J connectivity index is 1.87. The van der Waals surface area contributed by atoms with Crippen LogP contribution >= 0.6 is 23.4 Å². The van der Waals surface area contributed by atoms with E-state index in [-0.39, 0.29) is 11.3 Å². The van der Waals surface area contributed by atoms with Crippen molar-refractivity contribution in [3.8, 4) is 0 Å². The minimum absolute atomic E-state index is 0.0258. The average Bonchev–Trinajstić information content (AvgIpc) is 3.23. The summed E-state index contributed by atoms with van der Waals surface area (Å²) in [5, 5.41) is 13.7. The molecule has 1 aromatic heterocycles. The summed E-state index contributed by atoms with van der Waals surface area (Å²) in [6.07, 6.45) is 3.19. The second-order valence-corrected chi connectivity index (χ2v) is 6.85. The summed E-state index contributed by atoms with van der Waals surface area (Å²) >= 11 is 7.74. The number of thioether (sulfide) groups is 1. The van der Waals surface area contributed by atoms with Crippen LogP contribution in [0.25, 0.3) is 0 Å². The summed E-state index contributed by atoms with van der Waals surface area (Å²) in [7, 11) is 0. The third kappa shape index (κ3) is 3.39. The summed E-state index contributed by atoms with van der Waals surface area (Å²) in [4.78, 5) is 0. The fraction of sp³-hybridized carbons (Fsp3) is 0.500. The van der Waals surface area contributed by atoms with Crippen molar-refractivity contribution in [2.75, 3.05) is 0 Å². The standard InChI is InChI=1S/C14H18ClN5S/c1-2-12(16)13(9-4-3-5-10(15)8-9)21-14-17-18-19-20(14)11-6-7-11/h3-5,8,11-13H,2,6-7,16H2,1H3. The van der Waals surface area contributed by atoms with Crippen molar-refractivity contribution in [1.82, 2.24) is 20.2 Å². The number of nitrogens with zero attached hydrogens (tertiary/aromatic N) is 4. The zero-order chi connectivity index (χ0) is 14.8. The van der Waals surface area contributed by atoms with Crippen LogP contribution < -0.4 is 5.73 Å². The molecule has 1 fully saturated rings. The van der Waals surface area contributed by atoms with Gasteiger partial charge < -0.3 is 5.73 Å². The number of halogens is 1. The molecule has 21 heavy (non-hydrogen) atoms. The number of hydrogen-bond donors (Lipinski definition) is 1. The molecule has 2 unspecified atom stereocenters. The van der Waals surface area contributed by atoms with Gasteiger partial charge in [-0.3, -0.25) is 0 Å². The molecule has 5 nitrogen and oxygen atoms in total. The molecule has 1 aliphatic carbocycles. The van der Waals surface area contributed by atoms with E-state index >= 15 is 0 Å². The fourth-order valence-electron chi connectivity index (χ4n) is 2.23. The molecule has 0 radical (unpaired) electrons. The molecular weight excluding hydrogens is 306 g/mol. The summed E-state index contributed by atoms with van der Waals surface area (Å²) in [5.41, 5.74) is 7.43. The molecule has 2 aromatic rings. The van der Waals surface area contributed by atoms with E-state index in [0.29, 0.717) is 6.04 Å². The van der Waals surface area contributed by atoms with E-state index in [4.69, 9.17) is 17.3 Å². The lowest BCUT2D eigenvalue weighted by Gasteiger charge is -2.22. The zero-order valence-electron chi connectivity index (χ0n) is 11.8. The Morgan fingerprint density at radius 2 is 2.29 bits per heavy atom. The lowest BCUT2D eigenvalue weighted by Crippen LogP contribution is -2.26. The van der Waals surface area contributed by atoms with Crippen LogP contribution in [0.15, 0.2) is 29.4 Å². The van der Waals surface area contributed by atoms with Crippen molar-refractivity contribution < 1.29 is 0 Å². The van der Waals surface area contributed by atoms with Crippen molar-refractivity contribution in [1.29, 1.82) is 0 Å². The molecule has 3 rings (SSSR count). The van der Waals surface area contributed by atoms with E-state index in [0.717, 1.165) is 35.0 Å². The molecule has 112 valence electrons. The van der Waals surface area contributed by atoms with E-state index in [2.05, 4.69) is 28.5 Å². The quantitative estimate of drug-likeness (QED) is 0.826. The van der Waals surface area contributed by atoms with Crippen molar-refractivity contribution in [3.63, 3.8) is 0 Å². The summed E-state index contributed by atoms with van der Waals surface area (Å²) < 4.78 is 1.92. The molecule has 0 bridgehead atoms. The number of aromatic nitrogens is 4. The lowest BCUT2D eigenvalue weighted by atomic mass is 10.0. The summed E-state index contributed by atoms with van der Waals surface area (Å²) in [5.74, 6) is 0. The van der Waals surface area contributed by atoms with Crippen molar-refractivity contribution in [2.24, 2.45) is 5.73 Å². The number of benzene rings is 1. The summed E-state index contributed by atoms with van der Waals surface area (Å²) in [6, 6.07) is 8.35. The van der Waals surface area contributed by atoms with Gasteiger partial charge in [0, 0.05) is 11.1 Å². The highest BCUT2D eigenvalue weighted by molar-refractivity contribution is 7.99. The molecule has 7 heteroatoms.